The van der Waals surface area contributed by atoms with Gasteiger partial charge in [0.25, 0.3) is 0 Å². The van der Waals surface area contributed by atoms with Gasteiger partial charge in [-0.2, -0.15) is 0 Å². The van der Waals surface area contributed by atoms with Crippen LogP contribution in [0.5, 0.6) is 0 Å². The maximum absolute atomic E-state index is 10.1. The van der Waals surface area contributed by atoms with Gasteiger partial charge in [0.2, 0.25) is 0 Å². The van der Waals surface area contributed by atoms with E-state index in [1.807, 2.05) is 6.92 Å². The molecule has 0 bridgehead atoms. The summed E-state index contributed by atoms with van der Waals surface area (Å²) < 4.78 is 10.1. The molecule has 3 heteroatoms. The fourth-order valence-electron chi connectivity index (χ4n) is 0.359. The van der Waals surface area contributed by atoms with Crippen LogP contribution in [-0.4, -0.2) is 11.1 Å². The highest BCUT2D eigenvalue weighted by atomic mass is 31.1. The molecule has 2 atom stereocenters. The Morgan fingerprint density at radius 2 is 2.50 bits per heavy atom. The Balaban J connectivity index is 3.38. The zero-order valence-corrected chi connectivity index (χ0v) is 5.92. The van der Waals surface area contributed by atoms with Gasteiger partial charge in [0, 0.05) is 6.16 Å². The van der Waals surface area contributed by atoms with Crippen molar-refractivity contribution in [2.75, 3.05) is 6.16 Å². The van der Waals surface area contributed by atoms with Crippen LogP contribution in [-0.2, 0) is 4.57 Å². The smallest absolute Gasteiger partial charge is 0.189 e. The van der Waals surface area contributed by atoms with Gasteiger partial charge in [0.15, 0.2) is 8.03 Å². The van der Waals surface area contributed by atoms with E-state index >= 15 is 0 Å². The van der Waals surface area contributed by atoms with Crippen molar-refractivity contribution in [1.82, 2.24) is 0 Å². The van der Waals surface area contributed by atoms with Gasteiger partial charge < -0.3 is 4.89 Å². The molecule has 0 aliphatic rings. The second-order valence-corrected chi connectivity index (χ2v) is 3.01. The van der Waals surface area contributed by atoms with Crippen molar-refractivity contribution in [3.05, 3.63) is 12.7 Å². The quantitative estimate of drug-likeness (QED) is 0.466. The standard InChI is InChI=1S/C5H11O2P/c1-3-5(2)4-8(6)7/h3,5,8H,1,4H2,2H3,(H,6,7). The van der Waals surface area contributed by atoms with E-state index in [0.717, 1.165) is 0 Å². The average Bonchev–Trinajstić information content (AvgIpc) is 1.65. The molecular weight excluding hydrogens is 123 g/mol. The minimum absolute atomic E-state index is 0.173. The lowest BCUT2D eigenvalue weighted by Crippen LogP contribution is -1.90. The molecule has 0 aliphatic heterocycles. The van der Waals surface area contributed by atoms with Crippen molar-refractivity contribution in [2.45, 2.75) is 6.92 Å². The first kappa shape index (κ1) is 7.93. The van der Waals surface area contributed by atoms with Crippen LogP contribution in [0.25, 0.3) is 0 Å². The van der Waals surface area contributed by atoms with Crippen LogP contribution in [0, 0.1) is 5.92 Å². The molecule has 0 amide bonds. The van der Waals surface area contributed by atoms with Gasteiger partial charge >= 0.3 is 0 Å². The molecule has 2 nitrogen and oxygen atoms in total. The van der Waals surface area contributed by atoms with Crippen molar-refractivity contribution < 1.29 is 9.46 Å². The number of rotatable bonds is 3. The van der Waals surface area contributed by atoms with Crippen LogP contribution in [0.4, 0.5) is 0 Å². The van der Waals surface area contributed by atoms with Gasteiger partial charge in [-0.25, -0.2) is 0 Å². The Morgan fingerprint density at radius 3 is 2.62 bits per heavy atom. The molecule has 0 radical (unpaired) electrons. The lowest BCUT2D eigenvalue weighted by Gasteiger charge is -1.98. The normalized spacial score (nSPS) is 17.2. The van der Waals surface area contributed by atoms with E-state index < -0.39 is 8.03 Å². The molecular formula is C5H11O2P. The second kappa shape index (κ2) is 3.88. The predicted molar refractivity (Wildman–Crippen MR) is 35.4 cm³/mol. The van der Waals surface area contributed by atoms with E-state index in [1.165, 1.54) is 0 Å². The third-order valence-corrected chi connectivity index (χ3v) is 1.89. The van der Waals surface area contributed by atoms with E-state index in [1.54, 1.807) is 6.08 Å². The summed E-state index contributed by atoms with van der Waals surface area (Å²) in [5.41, 5.74) is 0. The Bertz CT molecular complexity index is 101. The second-order valence-electron chi connectivity index (χ2n) is 1.81. The fourth-order valence-corrected chi connectivity index (χ4v) is 1.08. The van der Waals surface area contributed by atoms with Crippen molar-refractivity contribution >= 4 is 8.03 Å². The highest BCUT2D eigenvalue weighted by molar-refractivity contribution is 7.38. The van der Waals surface area contributed by atoms with E-state index in [0.29, 0.717) is 6.16 Å². The van der Waals surface area contributed by atoms with Crippen molar-refractivity contribution in [3.8, 4) is 0 Å². The molecule has 0 aromatic heterocycles. The summed E-state index contributed by atoms with van der Waals surface area (Å²) in [5, 5.41) is 0. The Morgan fingerprint density at radius 1 is 2.00 bits per heavy atom. The zero-order chi connectivity index (χ0) is 6.57. The van der Waals surface area contributed by atoms with Crippen LogP contribution in [0.3, 0.4) is 0 Å². The number of hydrogen-bond donors (Lipinski definition) is 1. The molecule has 1 N–H and O–H groups in total. The molecule has 0 saturated carbocycles. The van der Waals surface area contributed by atoms with E-state index in [4.69, 9.17) is 4.89 Å². The van der Waals surface area contributed by atoms with E-state index in [-0.39, 0.29) is 5.92 Å². The molecule has 0 rings (SSSR count). The molecule has 2 unspecified atom stereocenters. The Hall–Kier alpha value is -0.0700. The molecule has 0 fully saturated rings. The first-order valence-electron chi connectivity index (χ1n) is 2.51. The molecule has 0 aromatic carbocycles. The first-order chi connectivity index (χ1) is 3.66. The molecule has 0 spiro atoms. The van der Waals surface area contributed by atoms with Gasteiger partial charge in [-0.05, 0) is 5.92 Å². The number of hydrogen-bond acceptors (Lipinski definition) is 1. The molecule has 0 heterocycles. The highest BCUT2D eigenvalue weighted by Gasteiger charge is 1.97. The van der Waals surface area contributed by atoms with Gasteiger partial charge in [0.05, 0.1) is 0 Å². The lowest BCUT2D eigenvalue weighted by molar-refractivity contribution is 0.497. The summed E-state index contributed by atoms with van der Waals surface area (Å²) in [6, 6.07) is 0. The molecule has 0 aromatic rings. The largest absolute Gasteiger partial charge is 0.346 e. The third-order valence-electron chi connectivity index (χ3n) is 0.899. The maximum Gasteiger partial charge on any atom is 0.189 e. The van der Waals surface area contributed by atoms with Gasteiger partial charge in [0.1, 0.15) is 0 Å². The predicted octanol–water partition coefficient (Wildman–Crippen LogP) is 1.28. The molecule has 0 saturated heterocycles. The summed E-state index contributed by atoms with van der Waals surface area (Å²) in [5.74, 6) is 0.173. The van der Waals surface area contributed by atoms with E-state index in [9.17, 15) is 4.57 Å². The Kier molecular flexibility index (Phi) is 3.84. The maximum atomic E-state index is 10.1. The minimum atomic E-state index is -2.27. The molecule has 48 valence electrons. The fraction of sp³-hybridized carbons (Fsp3) is 0.600. The summed E-state index contributed by atoms with van der Waals surface area (Å²) in [4.78, 5) is 8.35. The van der Waals surface area contributed by atoms with Gasteiger partial charge in [-0.15, -0.1) is 6.58 Å². The SMILES string of the molecule is C=CC(C)C[PH](=O)O. The minimum Gasteiger partial charge on any atom is -0.346 e. The lowest BCUT2D eigenvalue weighted by atomic mass is 10.2. The van der Waals surface area contributed by atoms with Crippen molar-refractivity contribution in [3.63, 3.8) is 0 Å². The summed E-state index contributed by atoms with van der Waals surface area (Å²) in [6.45, 7) is 5.35. The zero-order valence-electron chi connectivity index (χ0n) is 4.92. The Labute approximate surface area is 50.1 Å². The van der Waals surface area contributed by atoms with Crippen LogP contribution in [0.1, 0.15) is 6.92 Å². The van der Waals surface area contributed by atoms with Gasteiger partial charge in [-0.1, -0.05) is 13.0 Å². The molecule has 8 heavy (non-hydrogen) atoms. The van der Waals surface area contributed by atoms with Crippen LogP contribution < -0.4 is 0 Å². The number of allylic oxidation sites excluding steroid dienone is 1. The van der Waals surface area contributed by atoms with Crippen molar-refractivity contribution in [1.29, 1.82) is 0 Å². The van der Waals surface area contributed by atoms with Crippen LogP contribution in [0.15, 0.2) is 12.7 Å². The monoisotopic (exact) mass is 134 g/mol. The van der Waals surface area contributed by atoms with Gasteiger partial charge in [-0.3, -0.25) is 4.57 Å². The first-order valence-corrected chi connectivity index (χ1v) is 4.07. The third kappa shape index (κ3) is 4.10. The average molecular weight is 134 g/mol. The molecule has 0 aliphatic carbocycles. The van der Waals surface area contributed by atoms with Crippen LogP contribution >= 0.6 is 8.03 Å². The summed E-state index contributed by atoms with van der Waals surface area (Å²) in [6.07, 6.45) is 2.05. The highest BCUT2D eigenvalue weighted by Crippen LogP contribution is 2.17. The topological polar surface area (TPSA) is 37.3 Å². The van der Waals surface area contributed by atoms with Crippen molar-refractivity contribution in [2.24, 2.45) is 5.92 Å². The summed E-state index contributed by atoms with van der Waals surface area (Å²) >= 11 is 0. The van der Waals surface area contributed by atoms with E-state index in [2.05, 4.69) is 6.58 Å². The van der Waals surface area contributed by atoms with Crippen LogP contribution in [0.2, 0.25) is 0 Å². The summed E-state index contributed by atoms with van der Waals surface area (Å²) in [7, 11) is -2.27.